The topological polar surface area (TPSA) is 93.8 Å². The molecule has 0 spiro atoms. The van der Waals surface area contributed by atoms with Crippen LogP contribution in [0.25, 0.3) is 0 Å². The Hall–Kier alpha value is -1.67. The number of pyridine rings is 1. The number of nitrogens with two attached hydrogens (primary N) is 1. The highest BCUT2D eigenvalue weighted by Gasteiger charge is 2.06. The number of nitrogen functional groups attached to an aromatic ring is 1. The Bertz CT molecular complexity index is 572. The Morgan fingerprint density at radius 2 is 2.32 bits per heavy atom. The molecule has 2 aromatic heterocycles. The van der Waals surface area contributed by atoms with Gasteiger partial charge in [-0.15, -0.1) is 10.2 Å². The second-order valence-corrected chi connectivity index (χ2v) is 6.07. The van der Waals surface area contributed by atoms with E-state index in [1.54, 1.807) is 6.07 Å². The predicted octanol–water partition coefficient (Wildman–Crippen LogP) is 1.94. The Labute approximate surface area is 118 Å². The van der Waals surface area contributed by atoms with Crippen LogP contribution in [0.15, 0.2) is 22.5 Å². The van der Waals surface area contributed by atoms with Gasteiger partial charge < -0.3 is 11.1 Å². The Morgan fingerprint density at radius 3 is 3.00 bits per heavy atom. The van der Waals surface area contributed by atoms with Crippen molar-refractivity contribution in [1.82, 2.24) is 15.2 Å². The average molecular weight is 295 g/mol. The molecule has 1 amide bonds. The van der Waals surface area contributed by atoms with Crippen LogP contribution in [0.3, 0.4) is 0 Å². The lowest BCUT2D eigenvalue weighted by Crippen LogP contribution is -2.13. The van der Waals surface area contributed by atoms with Crippen LogP contribution in [0.4, 0.5) is 10.9 Å². The molecule has 2 rings (SSSR count). The monoisotopic (exact) mass is 295 g/mol. The molecule has 19 heavy (non-hydrogen) atoms. The summed E-state index contributed by atoms with van der Waals surface area (Å²) in [5.74, 6) is 1.14. The Morgan fingerprint density at radius 1 is 1.47 bits per heavy atom. The first-order valence-electron chi connectivity index (χ1n) is 5.59. The third-order valence-corrected chi connectivity index (χ3v) is 4.02. The van der Waals surface area contributed by atoms with E-state index in [1.165, 1.54) is 23.1 Å². The van der Waals surface area contributed by atoms with Crippen LogP contribution in [0.1, 0.15) is 12.1 Å². The zero-order valence-corrected chi connectivity index (χ0v) is 11.9. The van der Waals surface area contributed by atoms with Gasteiger partial charge in [0.05, 0.1) is 0 Å². The first-order valence-corrected chi connectivity index (χ1v) is 7.39. The minimum atomic E-state index is -0.0666. The predicted molar refractivity (Wildman–Crippen MR) is 77.3 cm³/mol. The van der Waals surface area contributed by atoms with Crippen LogP contribution in [0.5, 0.6) is 0 Å². The van der Waals surface area contributed by atoms with Gasteiger partial charge in [0.2, 0.25) is 11.0 Å². The van der Waals surface area contributed by atoms with E-state index in [2.05, 4.69) is 20.5 Å². The number of thioether (sulfide) groups is 1. The molecule has 0 saturated heterocycles. The second-order valence-electron chi connectivity index (χ2n) is 3.72. The summed E-state index contributed by atoms with van der Waals surface area (Å²) in [4.78, 5) is 15.9. The van der Waals surface area contributed by atoms with Gasteiger partial charge in [-0.2, -0.15) is 0 Å². The lowest BCUT2D eigenvalue weighted by molar-refractivity contribution is -0.115. The number of hydrogen-bond donors (Lipinski definition) is 2. The Kier molecular flexibility index (Phi) is 4.69. The summed E-state index contributed by atoms with van der Waals surface area (Å²) in [5, 5.41) is 10.8. The molecule has 0 aliphatic carbocycles. The molecule has 3 N–H and O–H groups in total. The average Bonchev–Trinajstić information content (AvgIpc) is 2.75. The molecular formula is C11H13N5OS2. The summed E-state index contributed by atoms with van der Waals surface area (Å²) in [6.45, 7) is 1.88. The number of aryl methyl sites for hydroxylation is 1. The van der Waals surface area contributed by atoms with Crippen molar-refractivity contribution >= 4 is 40.0 Å². The normalized spacial score (nSPS) is 10.4. The lowest BCUT2D eigenvalue weighted by Gasteiger charge is -2.04. The van der Waals surface area contributed by atoms with Crippen molar-refractivity contribution in [3.05, 3.63) is 23.9 Å². The maximum atomic E-state index is 11.7. The molecule has 0 bridgehead atoms. The van der Waals surface area contributed by atoms with Crippen molar-refractivity contribution in [2.45, 2.75) is 17.7 Å². The molecule has 0 aliphatic heterocycles. The van der Waals surface area contributed by atoms with E-state index in [0.29, 0.717) is 23.1 Å². The van der Waals surface area contributed by atoms with Gasteiger partial charge in [-0.25, -0.2) is 4.98 Å². The number of carbonyl (C=O) groups excluding carboxylic acids is 1. The smallest absolute Gasteiger partial charge is 0.226 e. The van der Waals surface area contributed by atoms with E-state index in [0.717, 1.165) is 10.0 Å². The molecule has 8 heteroatoms. The van der Waals surface area contributed by atoms with Gasteiger partial charge in [-0.05, 0) is 19.1 Å². The summed E-state index contributed by atoms with van der Waals surface area (Å²) in [7, 11) is 0. The number of aromatic nitrogens is 3. The molecule has 0 aliphatic rings. The summed E-state index contributed by atoms with van der Waals surface area (Å²) >= 11 is 2.79. The highest BCUT2D eigenvalue weighted by Crippen LogP contribution is 2.23. The second kappa shape index (κ2) is 6.48. The van der Waals surface area contributed by atoms with Crippen LogP contribution < -0.4 is 11.1 Å². The van der Waals surface area contributed by atoms with Gasteiger partial charge in [0.1, 0.15) is 5.82 Å². The third-order valence-electron chi connectivity index (χ3n) is 2.13. The van der Waals surface area contributed by atoms with Crippen molar-refractivity contribution in [2.75, 3.05) is 16.8 Å². The maximum Gasteiger partial charge on any atom is 0.226 e. The molecule has 0 atom stereocenters. The minimum Gasteiger partial charge on any atom is -0.374 e. The Balaban J connectivity index is 1.76. The first-order chi connectivity index (χ1) is 9.13. The minimum absolute atomic E-state index is 0.0666. The highest BCUT2D eigenvalue weighted by molar-refractivity contribution is 8.01. The van der Waals surface area contributed by atoms with Crippen molar-refractivity contribution in [3.8, 4) is 0 Å². The van der Waals surface area contributed by atoms with Crippen molar-refractivity contribution in [3.63, 3.8) is 0 Å². The molecule has 100 valence electrons. The number of anilines is 2. The highest BCUT2D eigenvalue weighted by atomic mass is 32.2. The number of amides is 1. The fourth-order valence-corrected chi connectivity index (χ4v) is 2.97. The number of rotatable bonds is 5. The van der Waals surface area contributed by atoms with E-state index < -0.39 is 0 Å². The summed E-state index contributed by atoms with van der Waals surface area (Å²) in [6, 6.07) is 5.51. The van der Waals surface area contributed by atoms with E-state index in [-0.39, 0.29) is 5.91 Å². The molecule has 0 fully saturated rings. The quantitative estimate of drug-likeness (QED) is 0.819. The molecule has 2 heterocycles. The molecule has 0 aromatic carbocycles. The molecule has 0 radical (unpaired) electrons. The van der Waals surface area contributed by atoms with Crippen LogP contribution in [-0.2, 0) is 4.79 Å². The van der Waals surface area contributed by atoms with Crippen LogP contribution in [0, 0.1) is 6.92 Å². The van der Waals surface area contributed by atoms with E-state index >= 15 is 0 Å². The van der Waals surface area contributed by atoms with Crippen LogP contribution in [-0.4, -0.2) is 26.8 Å². The number of hydrogen-bond acceptors (Lipinski definition) is 7. The molecule has 0 unspecified atom stereocenters. The van der Waals surface area contributed by atoms with Gasteiger partial charge >= 0.3 is 0 Å². The van der Waals surface area contributed by atoms with Gasteiger partial charge in [0.25, 0.3) is 0 Å². The standard InChI is InChI=1S/C11H13N5OS2/c1-7-3-2-4-8(13-7)14-9(17)5-6-18-11-16-15-10(12)19-11/h2-4H,5-6H2,1H3,(H2,12,15)(H,13,14,17). The van der Waals surface area contributed by atoms with Gasteiger partial charge in [-0.3, -0.25) is 4.79 Å². The molecule has 0 saturated carbocycles. The summed E-state index contributed by atoms with van der Waals surface area (Å²) in [5.41, 5.74) is 6.34. The fraction of sp³-hybridized carbons (Fsp3) is 0.273. The van der Waals surface area contributed by atoms with Crippen LogP contribution in [0.2, 0.25) is 0 Å². The molecule has 2 aromatic rings. The largest absolute Gasteiger partial charge is 0.374 e. The number of nitrogens with one attached hydrogen (secondary N) is 1. The van der Waals surface area contributed by atoms with Crippen molar-refractivity contribution in [2.24, 2.45) is 0 Å². The number of carbonyl (C=O) groups is 1. The lowest BCUT2D eigenvalue weighted by atomic mass is 10.3. The van der Waals surface area contributed by atoms with Gasteiger partial charge in [-0.1, -0.05) is 29.2 Å². The zero-order chi connectivity index (χ0) is 13.7. The number of nitrogens with zero attached hydrogens (tertiary/aromatic N) is 3. The van der Waals surface area contributed by atoms with E-state index in [9.17, 15) is 4.79 Å². The SMILES string of the molecule is Cc1cccc(NC(=O)CCSc2nnc(N)s2)n1. The molecular weight excluding hydrogens is 282 g/mol. The van der Waals surface area contributed by atoms with Crippen molar-refractivity contribution < 1.29 is 4.79 Å². The van der Waals surface area contributed by atoms with Gasteiger partial charge in [0.15, 0.2) is 4.34 Å². The maximum absolute atomic E-state index is 11.7. The zero-order valence-electron chi connectivity index (χ0n) is 10.3. The fourth-order valence-electron chi connectivity index (χ4n) is 1.33. The first kappa shape index (κ1) is 13.8. The van der Waals surface area contributed by atoms with Gasteiger partial charge in [0, 0.05) is 17.9 Å². The third kappa shape index (κ3) is 4.49. The summed E-state index contributed by atoms with van der Waals surface area (Å²) in [6.07, 6.45) is 0.389. The molecule has 6 nitrogen and oxygen atoms in total. The van der Waals surface area contributed by atoms with E-state index in [4.69, 9.17) is 5.73 Å². The van der Waals surface area contributed by atoms with E-state index in [1.807, 2.05) is 19.1 Å². The van der Waals surface area contributed by atoms with Crippen molar-refractivity contribution in [1.29, 1.82) is 0 Å². The summed E-state index contributed by atoms with van der Waals surface area (Å²) < 4.78 is 0.777. The van der Waals surface area contributed by atoms with Crippen LogP contribution >= 0.6 is 23.1 Å².